The summed E-state index contributed by atoms with van der Waals surface area (Å²) < 4.78 is 15.0. The molecule has 1 aliphatic heterocycles. The second-order valence-electron chi connectivity index (χ2n) is 8.56. The maximum atomic E-state index is 13.6. The van der Waals surface area contributed by atoms with E-state index in [2.05, 4.69) is 15.3 Å². The number of aromatic nitrogens is 3. The normalized spacial score (nSPS) is 15.8. The molecular weight excluding hydrogens is 469 g/mol. The Morgan fingerprint density at radius 2 is 1.97 bits per heavy atom. The zero-order valence-corrected chi connectivity index (χ0v) is 19.6. The fourth-order valence-corrected chi connectivity index (χ4v) is 4.60. The predicted octanol–water partition coefficient (Wildman–Crippen LogP) is 4.49. The third kappa shape index (κ3) is 4.88. The summed E-state index contributed by atoms with van der Waals surface area (Å²) in [5.74, 6) is -0.771. The molecule has 0 radical (unpaired) electrons. The predicted molar refractivity (Wildman–Crippen MR) is 134 cm³/mol. The van der Waals surface area contributed by atoms with Gasteiger partial charge in [-0.2, -0.15) is 0 Å². The molecule has 1 N–H and O–H groups in total. The fraction of sp³-hybridized carbons (Fsp3) is 0.231. The van der Waals surface area contributed by atoms with E-state index in [-0.39, 0.29) is 22.4 Å². The van der Waals surface area contributed by atoms with Gasteiger partial charge in [-0.3, -0.25) is 14.2 Å². The van der Waals surface area contributed by atoms with Crippen LogP contribution < -0.4 is 15.8 Å². The number of carbonyl (C=O) groups is 1. The zero-order chi connectivity index (χ0) is 24.4. The van der Waals surface area contributed by atoms with Gasteiger partial charge in [-0.05, 0) is 48.7 Å². The number of rotatable bonds is 5. The highest BCUT2D eigenvalue weighted by molar-refractivity contribution is 6.33. The molecule has 4 aromatic rings. The van der Waals surface area contributed by atoms with Crippen molar-refractivity contribution in [3.8, 4) is 0 Å². The highest BCUT2D eigenvalue weighted by Gasteiger charge is 2.29. The molecule has 0 saturated carbocycles. The van der Waals surface area contributed by atoms with Crippen LogP contribution in [0.1, 0.15) is 18.4 Å². The summed E-state index contributed by atoms with van der Waals surface area (Å²) in [6, 6.07) is 17.2. The van der Waals surface area contributed by atoms with E-state index in [9.17, 15) is 14.0 Å². The quantitative estimate of drug-likeness (QED) is 0.445. The van der Waals surface area contributed by atoms with Gasteiger partial charge in [0.2, 0.25) is 5.91 Å². The van der Waals surface area contributed by atoms with E-state index < -0.39 is 5.82 Å². The van der Waals surface area contributed by atoms with Gasteiger partial charge in [0.05, 0.1) is 23.2 Å². The maximum absolute atomic E-state index is 13.6. The Labute approximate surface area is 206 Å². The molecule has 7 nitrogen and oxygen atoms in total. The van der Waals surface area contributed by atoms with Crippen molar-refractivity contribution < 1.29 is 9.18 Å². The lowest BCUT2D eigenvalue weighted by Crippen LogP contribution is -2.44. The van der Waals surface area contributed by atoms with Gasteiger partial charge in [-0.25, -0.2) is 14.4 Å². The van der Waals surface area contributed by atoms with Crippen LogP contribution in [0, 0.1) is 11.7 Å². The lowest BCUT2D eigenvalue weighted by atomic mass is 9.97. The van der Waals surface area contributed by atoms with Crippen molar-refractivity contribution >= 4 is 40.2 Å². The van der Waals surface area contributed by atoms with E-state index in [0.717, 1.165) is 18.1 Å². The van der Waals surface area contributed by atoms with Crippen LogP contribution in [0.15, 0.2) is 71.7 Å². The van der Waals surface area contributed by atoms with Crippen LogP contribution in [0.4, 0.5) is 15.9 Å². The summed E-state index contributed by atoms with van der Waals surface area (Å²) in [5.41, 5.74) is 2.22. The number of hydrogen-bond acceptors (Lipinski definition) is 5. The first kappa shape index (κ1) is 23.0. The Morgan fingerprint density at radius 3 is 2.77 bits per heavy atom. The van der Waals surface area contributed by atoms with Gasteiger partial charge in [0.15, 0.2) is 11.5 Å². The number of piperidine rings is 1. The first-order chi connectivity index (χ1) is 17.0. The van der Waals surface area contributed by atoms with Gasteiger partial charge < -0.3 is 10.2 Å². The van der Waals surface area contributed by atoms with Gasteiger partial charge in [0, 0.05) is 19.3 Å². The average Bonchev–Trinajstić information content (AvgIpc) is 2.88. The zero-order valence-electron chi connectivity index (χ0n) is 18.8. The summed E-state index contributed by atoms with van der Waals surface area (Å²) in [6.07, 6.45) is 3.03. The van der Waals surface area contributed by atoms with E-state index in [4.69, 9.17) is 11.6 Å². The monoisotopic (exact) mass is 491 g/mol. The number of nitrogens with one attached hydrogen (secondary N) is 1. The number of carbonyl (C=O) groups excluding carboxylic acids is 1. The largest absolute Gasteiger partial charge is 0.351 e. The van der Waals surface area contributed by atoms with Crippen LogP contribution >= 0.6 is 11.6 Å². The number of pyridine rings is 1. The molecule has 35 heavy (non-hydrogen) atoms. The first-order valence-electron chi connectivity index (χ1n) is 11.4. The highest BCUT2D eigenvalue weighted by atomic mass is 35.5. The number of anilines is 2. The van der Waals surface area contributed by atoms with Crippen molar-refractivity contribution in [2.24, 2.45) is 5.92 Å². The van der Waals surface area contributed by atoms with Gasteiger partial charge in [0.25, 0.3) is 5.56 Å². The van der Waals surface area contributed by atoms with Crippen molar-refractivity contribution in [2.75, 3.05) is 23.3 Å². The first-order valence-corrected chi connectivity index (χ1v) is 11.8. The molecule has 1 aliphatic rings. The maximum Gasteiger partial charge on any atom is 0.295 e. The minimum absolute atomic E-state index is 0.138. The number of amides is 1. The number of halogens is 2. The molecule has 2 aromatic heterocycles. The smallest absolute Gasteiger partial charge is 0.295 e. The standard InChI is InChI=1S/C26H23ClFN5O2/c27-20-14-19(28)10-11-21(20)31-25(34)18-8-5-13-32(16-18)24-26(35)33(15-17-6-2-1-3-7-17)23-22(30-24)9-4-12-29-23/h1-4,6-7,9-12,14,18H,5,8,13,15-16H2,(H,31,34)/t18-/m1/s1. The number of hydrogen-bond donors (Lipinski definition) is 1. The molecule has 1 atom stereocenters. The van der Waals surface area contributed by atoms with E-state index in [0.29, 0.717) is 48.7 Å². The van der Waals surface area contributed by atoms with Crippen LogP contribution in [-0.2, 0) is 11.3 Å². The fourth-order valence-electron chi connectivity index (χ4n) is 4.39. The Morgan fingerprint density at radius 1 is 1.14 bits per heavy atom. The molecule has 2 aromatic carbocycles. The number of nitrogens with zero attached hydrogens (tertiary/aromatic N) is 4. The number of fused-ring (bicyclic) bond motifs is 1. The van der Waals surface area contributed by atoms with Crippen LogP contribution in [0.3, 0.4) is 0 Å². The third-order valence-corrected chi connectivity index (χ3v) is 6.46. The second kappa shape index (κ2) is 9.84. The Kier molecular flexibility index (Phi) is 6.46. The lowest BCUT2D eigenvalue weighted by molar-refractivity contribution is -0.120. The minimum Gasteiger partial charge on any atom is -0.351 e. The summed E-state index contributed by atoms with van der Waals surface area (Å²) in [6.45, 7) is 1.31. The molecule has 0 bridgehead atoms. The molecule has 1 fully saturated rings. The summed E-state index contributed by atoms with van der Waals surface area (Å²) >= 11 is 6.07. The topological polar surface area (TPSA) is 80.1 Å². The van der Waals surface area contributed by atoms with Crippen molar-refractivity contribution in [3.05, 3.63) is 93.6 Å². The summed E-state index contributed by atoms with van der Waals surface area (Å²) in [5, 5.41) is 2.93. The van der Waals surface area contributed by atoms with E-state index in [1.54, 1.807) is 16.8 Å². The van der Waals surface area contributed by atoms with Gasteiger partial charge in [-0.1, -0.05) is 41.9 Å². The SMILES string of the molecule is O=C(Nc1ccc(F)cc1Cl)[C@@H]1CCCN(c2nc3cccnc3n(Cc3ccccc3)c2=O)C1. The van der Waals surface area contributed by atoms with Crippen LogP contribution in [0.25, 0.3) is 11.2 Å². The molecule has 5 rings (SSSR count). The Bertz CT molecular complexity index is 1440. The van der Waals surface area contributed by atoms with E-state index >= 15 is 0 Å². The van der Waals surface area contributed by atoms with Crippen LogP contribution in [-0.4, -0.2) is 33.5 Å². The summed E-state index contributed by atoms with van der Waals surface area (Å²) in [4.78, 5) is 37.5. The average molecular weight is 492 g/mol. The van der Waals surface area contributed by atoms with Gasteiger partial charge in [-0.15, -0.1) is 0 Å². The molecule has 1 amide bonds. The third-order valence-electron chi connectivity index (χ3n) is 6.15. The number of benzene rings is 2. The Hall–Kier alpha value is -3.78. The molecule has 0 aliphatic carbocycles. The second-order valence-corrected chi connectivity index (χ2v) is 8.96. The van der Waals surface area contributed by atoms with Crippen molar-refractivity contribution in [2.45, 2.75) is 19.4 Å². The van der Waals surface area contributed by atoms with Crippen LogP contribution in [0.5, 0.6) is 0 Å². The molecule has 0 spiro atoms. The minimum atomic E-state index is -0.472. The van der Waals surface area contributed by atoms with Gasteiger partial charge in [0.1, 0.15) is 11.3 Å². The summed E-state index contributed by atoms with van der Waals surface area (Å²) in [7, 11) is 0. The Balaban J connectivity index is 1.44. The lowest BCUT2D eigenvalue weighted by Gasteiger charge is -2.32. The van der Waals surface area contributed by atoms with E-state index in [1.807, 2.05) is 41.3 Å². The molecule has 1 saturated heterocycles. The van der Waals surface area contributed by atoms with Crippen LogP contribution in [0.2, 0.25) is 5.02 Å². The molecule has 178 valence electrons. The molecule has 9 heteroatoms. The molecule has 3 heterocycles. The molecular formula is C26H23ClFN5O2. The van der Waals surface area contributed by atoms with Gasteiger partial charge >= 0.3 is 0 Å². The highest BCUT2D eigenvalue weighted by Crippen LogP contribution is 2.26. The van der Waals surface area contributed by atoms with Crippen molar-refractivity contribution in [1.29, 1.82) is 0 Å². The van der Waals surface area contributed by atoms with Crippen molar-refractivity contribution in [1.82, 2.24) is 14.5 Å². The molecule has 0 unspecified atom stereocenters. The van der Waals surface area contributed by atoms with Crippen molar-refractivity contribution in [3.63, 3.8) is 0 Å². The van der Waals surface area contributed by atoms with E-state index in [1.165, 1.54) is 12.1 Å².